The average molecular weight is 486 g/mol. The molecule has 2 aromatic rings. The first-order valence-electron chi connectivity index (χ1n) is 10.7. The fourth-order valence-corrected chi connectivity index (χ4v) is 4.25. The number of hydrogen-bond acceptors (Lipinski definition) is 11. The molecular weight excluding hydrogens is 455 g/mol. The second-order valence-electron chi connectivity index (χ2n) is 8.01. The number of esters is 1. The summed E-state index contributed by atoms with van der Waals surface area (Å²) in [6, 6.07) is -0.791. The second kappa shape index (κ2) is 10.7. The van der Waals surface area contributed by atoms with E-state index in [2.05, 4.69) is 20.0 Å². The normalized spacial score (nSPS) is 24.8. The lowest BCUT2D eigenvalue weighted by Gasteiger charge is -2.18. The molecule has 0 radical (unpaired) electrons. The Labute approximate surface area is 191 Å². The molecule has 1 fully saturated rings. The van der Waals surface area contributed by atoms with Gasteiger partial charge in [0.2, 0.25) is 11.8 Å². The Balaban J connectivity index is 1.66. The van der Waals surface area contributed by atoms with E-state index in [1.807, 2.05) is 6.92 Å². The van der Waals surface area contributed by atoms with Gasteiger partial charge < -0.3 is 29.6 Å². The molecule has 0 amide bonds. The zero-order chi connectivity index (χ0) is 24.3. The van der Waals surface area contributed by atoms with Gasteiger partial charge in [-0.2, -0.15) is 9.97 Å². The maximum absolute atomic E-state index is 12.3. The monoisotopic (exact) mass is 486 g/mol. The quantitative estimate of drug-likeness (QED) is 0.322. The summed E-state index contributed by atoms with van der Waals surface area (Å²) >= 11 is 0. The molecule has 2 aromatic heterocycles. The molecule has 0 spiro atoms. The standard InChI is InChI=1S/C19H31N6O7P/c1-6-29-16-13-15(22-19(20)23-16)25(8-21-13)17-14(26)10(4)12(32-17)7-30-33(28)24-11(5)18(27)31-9(2)3/h8-12,14,17,26,33H,6-7H2,1-5H3,(H,24,28)(H2,20,22,23)/t10-,11+,12-,14-,17-/m1/s1. The Morgan fingerprint density at radius 1 is 1.39 bits per heavy atom. The highest BCUT2D eigenvalue weighted by Crippen LogP contribution is 2.37. The number of nitrogens with zero attached hydrogens (tertiary/aromatic N) is 4. The Hall–Kier alpha value is -2.31. The van der Waals surface area contributed by atoms with E-state index in [4.69, 9.17) is 24.5 Å². The summed E-state index contributed by atoms with van der Waals surface area (Å²) in [4.78, 5) is 24.4. The molecule has 6 atom stereocenters. The number of aliphatic hydroxyl groups is 1. The smallest absolute Gasteiger partial charge is 0.323 e. The van der Waals surface area contributed by atoms with E-state index in [1.54, 1.807) is 32.3 Å². The van der Waals surface area contributed by atoms with Crippen molar-refractivity contribution < 1.29 is 33.2 Å². The summed E-state index contributed by atoms with van der Waals surface area (Å²) in [7, 11) is -2.75. The maximum Gasteiger partial charge on any atom is 0.323 e. The van der Waals surface area contributed by atoms with Gasteiger partial charge in [0, 0.05) is 5.92 Å². The van der Waals surface area contributed by atoms with E-state index < -0.39 is 38.6 Å². The minimum absolute atomic E-state index is 0.00269. The zero-order valence-corrected chi connectivity index (χ0v) is 20.2. The lowest BCUT2D eigenvalue weighted by molar-refractivity contribution is -0.149. The van der Waals surface area contributed by atoms with Gasteiger partial charge in [0.1, 0.15) is 12.1 Å². The minimum Gasteiger partial charge on any atom is -0.476 e. The van der Waals surface area contributed by atoms with Crippen LogP contribution in [0.3, 0.4) is 0 Å². The summed E-state index contributed by atoms with van der Waals surface area (Å²) < 4.78 is 35.8. The van der Waals surface area contributed by atoms with Gasteiger partial charge in [0.15, 0.2) is 17.4 Å². The summed E-state index contributed by atoms with van der Waals surface area (Å²) in [6.45, 7) is 8.92. The maximum atomic E-state index is 12.3. The van der Waals surface area contributed by atoms with Gasteiger partial charge >= 0.3 is 5.97 Å². The van der Waals surface area contributed by atoms with Crippen LogP contribution in [0.15, 0.2) is 6.33 Å². The van der Waals surface area contributed by atoms with E-state index in [9.17, 15) is 14.5 Å². The first-order chi connectivity index (χ1) is 15.6. The summed E-state index contributed by atoms with van der Waals surface area (Å²) in [5.74, 6) is -0.624. The van der Waals surface area contributed by atoms with E-state index >= 15 is 0 Å². The van der Waals surface area contributed by atoms with Crippen LogP contribution in [-0.4, -0.2) is 68.2 Å². The van der Waals surface area contributed by atoms with Gasteiger partial charge in [0.25, 0.3) is 8.18 Å². The molecule has 1 unspecified atom stereocenters. The molecule has 1 saturated heterocycles. The number of rotatable bonds is 10. The van der Waals surface area contributed by atoms with Gasteiger partial charge in [0.05, 0.1) is 31.7 Å². The van der Waals surface area contributed by atoms with Crippen LogP contribution < -0.4 is 15.6 Å². The lowest BCUT2D eigenvalue weighted by atomic mass is 10.0. The number of nitrogens with two attached hydrogens (primary N) is 1. The van der Waals surface area contributed by atoms with Gasteiger partial charge in [-0.3, -0.25) is 13.9 Å². The third-order valence-electron chi connectivity index (χ3n) is 5.11. The molecule has 4 N–H and O–H groups in total. The number of imidazole rings is 1. The molecule has 0 bridgehead atoms. The Kier molecular flexibility index (Phi) is 8.24. The van der Waals surface area contributed by atoms with Crippen molar-refractivity contribution in [2.45, 2.75) is 65.2 Å². The summed E-state index contributed by atoms with van der Waals surface area (Å²) in [6.07, 6.45) is -1.12. The number of nitrogen functional groups attached to an aromatic ring is 1. The molecule has 0 aromatic carbocycles. The van der Waals surface area contributed by atoms with Crippen molar-refractivity contribution in [3.05, 3.63) is 6.33 Å². The molecule has 13 nitrogen and oxygen atoms in total. The number of aliphatic hydroxyl groups excluding tert-OH is 1. The van der Waals surface area contributed by atoms with Gasteiger partial charge in [-0.05, 0) is 27.7 Å². The molecule has 3 heterocycles. The summed E-state index contributed by atoms with van der Waals surface area (Å²) in [5.41, 5.74) is 6.55. The van der Waals surface area contributed by atoms with Crippen LogP contribution in [0.25, 0.3) is 11.2 Å². The van der Waals surface area contributed by atoms with Crippen LogP contribution in [-0.2, 0) is 23.4 Å². The highest BCUT2D eigenvalue weighted by atomic mass is 31.1. The predicted molar refractivity (Wildman–Crippen MR) is 119 cm³/mol. The number of carbonyl (C=O) groups excluding carboxylic acids is 1. The average Bonchev–Trinajstić information content (AvgIpc) is 3.27. The minimum atomic E-state index is -2.75. The van der Waals surface area contributed by atoms with Crippen molar-refractivity contribution >= 4 is 31.3 Å². The van der Waals surface area contributed by atoms with Gasteiger partial charge in [-0.25, -0.2) is 10.1 Å². The van der Waals surface area contributed by atoms with Crippen molar-refractivity contribution in [2.75, 3.05) is 18.9 Å². The summed E-state index contributed by atoms with van der Waals surface area (Å²) in [5, 5.41) is 13.4. The number of nitrogens with one attached hydrogen (secondary N) is 1. The Bertz CT molecular complexity index is 1000. The third-order valence-corrected chi connectivity index (χ3v) is 6.21. The first-order valence-corrected chi connectivity index (χ1v) is 12.0. The van der Waals surface area contributed by atoms with Crippen molar-refractivity contribution in [2.24, 2.45) is 5.92 Å². The van der Waals surface area contributed by atoms with Crippen LogP contribution in [0.4, 0.5) is 5.95 Å². The van der Waals surface area contributed by atoms with Crippen molar-refractivity contribution in [3.63, 3.8) is 0 Å². The van der Waals surface area contributed by atoms with E-state index in [0.29, 0.717) is 17.8 Å². The van der Waals surface area contributed by atoms with E-state index in [0.717, 1.165) is 0 Å². The number of carbonyl (C=O) groups is 1. The topological polar surface area (TPSA) is 173 Å². The van der Waals surface area contributed by atoms with E-state index in [-0.39, 0.29) is 30.5 Å². The van der Waals surface area contributed by atoms with Crippen molar-refractivity contribution in [1.29, 1.82) is 0 Å². The zero-order valence-electron chi connectivity index (χ0n) is 19.2. The van der Waals surface area contributed by atoms with Crippen LogP contribution in [0.2, 0.25) is 0 Å². The SMILES string of the molecule is CCOc1nc(N)nc2c1ncn2[C@@H]1O[C@H](CO[PH](=O)N[C@@H](C)C(=O)OC(C)C)[C@@H](C)[C@H]1O. The third kappa shape index (κ3) is 5.79. The van der Waals surface area contributed by atoms with Crippen LogP contribution in [0.1, 0.15) is 40.8 Å². The molecule has 1 aliphatic heterocycles. The molecular formula is C19H31N6O7P. The highest BCUT2D eigenvalue weighted by molar-refractivity contribution is 7.36. The second-order valence-corrected chi connectivity index (χ2v) is 9.16. The predicted octanol–water partition coefficient (Wildman–Crippen LogP) is 1.04. The van der Waals surface area contributed by atoms with Crippen LogP contribution in [0.5, 0.6) is 5.88 Å². The molecule has 1 aliphatic rings. The van der Waals surface area contributed by atoms with Crippen molar-refractivity contribution in [1.82, 2.24) is 24.6 Å². The molecule has 0 aliphatic carbocycles. The number of anilines is 1. The lowest BCUT2D eigenvalue weighted by Crippen LogP contribution is -2.33. The highest BCUT2D eigenvalue weighted by Gasteiger charge is 2.43. The number of aromatic nitrogens is 4. The van der Waals surface area contributed by atoms with E-state index in [1.165, 1.54) is 6.33 Å². The van der Waals surface area contributed by atoms with Crippen LogP contribution >= 0.6 is 8.18 Å². The number of hydrogen-bond donors (Lipinski definition) is 3. The largest absolute Gasteiger partial charge is 0.476 e. The molecule has 3 rings (SSSR count). The van der Waals surface area contributed by atoms with Gasteiger partial charge in [-0.1, -0.05) is 6.92 Å². The first kappa shape index (κ1) is 25.3. The molecule has 184 valence electrons. The molecule has 14 heteroatoms. The van der Waals surface area contributed by atoms with Gasteiger partial charge in [-0.15, -0.1) is 0 Å². The van der Waals surface area contributed by atoms with Crippen LogP contribution in [0, 0.1) is 5.92 Å². The fraction of sp³-hybridized carbons (Fsp3) is 0.684. The molecule has 0 saturated carbocycles. The Morgan fingerprint density at radius 3 is 2.79 bits per heavy atom. The molecule has 33 heavy (non-hydrogen) atoms. The fourth-order valence-electron chi connectivity index (χ4n) is 3.38. The number of fused-ring (bicyclic) bond motifs is 1. The van der Waals surface area contributed by atoms with Crippen molar-refractivity contribution in [3.8, 4) is 5.88 Å². The number of ether oxygens (including phenoxy) is 3. The Morgan fingerprint density at radius 2 is 2.12 bits per heavy atom.